The quantitative estimate of drug-likeness (QED) is 0.326. The first kappa shape index (κ1) is 14.1. The minimum absolute atomic E-state index is 0.824. The lowest BCUT2D eigenvalue weighted by atomic mass is 10.2. The van der Waals surface area contributed by atoms with Crippen molar-refractivity contribution in [1.82, 2.24) is 0 Å². The van der Waals surface area contributed by atoms with Crippen LogP contribution in [0.5, 0.6) is 0 Å². The van der Waals surface area contributed by atoms with Crippen molar-refractivity contribution >= 4 is 9.17 Å². The highest BCUT2D eigenvalue weighted by atomic mass is 28.3. The average Bonchev–Trinajstić information content (AvgIpc) is 1.97. The highest BCUT2D eigenvalue weighted by molar-refractivity contribution is 6.22. The smallest absolute Gasteiger partial charge is 0.511 e. The molecule has 12 heavy (non-hydrogen) atoms. The summed E-state index contributed by atoms with van der Waals surface area (Å²) in [6, 6.07) is 0. The lowest BCUT2D eigenvalue weighted by Gasteiger charge is -1.94. The Labute approximate surface area is 74.3 Å². The second kappa shape index (κ2) is 13.2. The summed E-state index contributed by atoms with van der Waals surface area (Å²) in [5.41, 5.74) is 10.6. The van der Waals surface area contributed by atoms with Gasteiger partial charge in [-0.05, 0) is 25.9 Å². The number of nitrogens with two attached hydrogens (primary N) is 2. The molecule has 0 aliphatic rings. The van der Waals surface area contributed by atoms with E-state index in [1.165, 1.54) is 12.8 Å². The van der Waals surface area contributed by atoms with Crippen LogP contribution >= 0.6 is 0 Å². The lowest BCUT2D eigenvalue weighted by Crippen LogP contribution is -2.00. The average molecular weight is 194 g/mol. The first-order valence-corrected chi connectivity index (χ1v) is 5.27. The number of unbranched alkanes of at least 4 members (excludes halogenated alkanes) is 3. The predicted octanol–water partition coefficient (Wildman–Crippen LogP) is -1.15. The Morgan fingerprint density at radius 3 is 1.33 bits per heavy atom. The molecule has 0 fully saturated rings. The zero-order chi connectivity index (χ0) is 9.82. The molecule has 0 aromatic carbocycles. The van der Waals surface area contributed by atoms with E-state index < -0.39 is 9.17 Å². The molecule has 0 rings (SSSR count). The van der Waals surface area contributed by atoms with Crippen molar-refractivity contribution in [2.45, 2.75) is 25.7 Å². The monoisotopic (exact) mass is 194 g/mol. The van der Waals surface area contributed by atoms with E-state index in [4.69, 9.17) is 25.5 Å². The van der Waals surface area contributed by atoms with Gasteiger partial charge in [0.15, 0.2) is 0 Å². The minimum atomic E-state index is -3.13. The normalized spacial score (nSPS) is 8.50. The van der Waals surface area contributed by atoms with Gasteiger partial charge in [0.25, 0.3) is 0 Å². The number of hydrogen-bond acceptors (Lipinski definition) is 3. The fourth-order valence-electron chi connectivity index (χ4n) is 0.642. The summed E-state index contributed by atoms with van der Waals surface area (Å²) < 4.78 is 8.74. The van der Waals surface area contributed by atoms with Gasteiger partial charge in [0.2, 0.25) is 0 Å². The summed E-state index contributed by atoms with van der Waals surface area (Å²) in [6.07, 6.45) is 4.79. The molecule has 0 aromatic rings. The summed E-state index contributed by atoms with van der Waals surface area (Å²) >= 11 is 0. The van der Waals surface area contributed by atoms with Gasteiger partial charge < -0.3 is 21.1 Å². The topological polar surface area (TPSA) is 110 Å². The van der Waals surface area contributed by atoms with Crippen LogP contribution in [0, 0.1) is 0 Å². The fraction of sp³-hybridized carbons (Fsp3) is 1.00. The zero-order valence-corrected chi connectivity index (χ0v) is 8.20. The molecule has 0 aromatic heterocycles. The molecule has 0 radical (unpaired) electrons. The molecule has 74 valence electrons. The summed E-state index contributed by atoms with van der Waals surface area (Å²) in [4.78, 5) is 14.3. The summed E-state index contributed by atoms with van der Waals surface area (Å²) in [5.74, 6) is 0. The first-order chi connectivity index (χ1) is 5.65. The largest absolute Gasteiger partial charge is 0.761 e. The molecule has 0 aliphatic heterocycles. The Bertz CT molecular complexity index is 92.8. The second-order valence-corrected chi connectivity index (χ2v) is 2.84. The maximum atomic E-state index is 8.74. The van der Waals surface area contributed by atoms with Gasteiger partial charge in [-0.3, -0.25) is 4.46 Å². The SMILES string of the molecule is NCCCCCCN.O=[Si](O)O. The molecule has 0 amide bonds. The van der Waals surface area contributed by atoms with Crippen LogP contribution in [0.1, 0.15) is 25.7 Å². The van der Waals surface area contributed by atoms with E-state index in [9.17, 15) is 0 Å². The van der Waals surface area contributed by atoms with Crippen molar-refractivity contribution in [3.8, 4) is 0 Å². The third-order valence-corrected chi connectivity index (χ3v) is 1.16. The van der Waals surface area contributed by atoms with Crippen LogP contribution in [0.25, 0.3) is 0 Å². The summed E-state index contributed by atoms with van der Waals surface area (Å²) in [7, 11) is -3.13. The lowest BCUT2D eigenvalue weighted by molar-refractivity contribution is 0.330. The second-order valence-electron chi connectivity index (χ2n) is 2.27. The molecule has 6 heteroatoms. The van der Waals surface area contributed by atoms with E-state index in [2.05, 4.69) is 0 Å². The van der Waals surface area contributed by atoms with E-state index in [1.807, 2.05) is 0 Å². The standard InChI is InChI=1S/C6H16N2.H2O3Si/c7-5-3-1-2-4-6-8;1-4(2)3/h1-8H2;1-2H. The maximum absolute atomic E-state index is 8.74. The number of hydrogen-bond donors (Lipinski definition) is 4. The third-order valence-electron chi connectivity index (χ3n) is 1.16. The molecule has 0 spiro atoms. The van der Waals surface area contributed by atoms with E-state index in [1.54, 1.807) is 0 Å². The Morgan fingerprint density at radius 1 is 0.917 bits per heavy atom. The molecule has 0 heterocycles. The Balaban J connectivity index is 0. The Morgan fingerprint density at radius 2 is 1.17 bits per heavy atom. The van der Waals surface area contributed by atoms with Gasteiger partial charge in [0, 0.05) is 0 Å². The van der Waals surface area contributed by atoms with Crippen LogP contribution in [-0.2, 0) is 4.46 Å². The van der Waals surface area contributed by atoms with Gasteiger partial charge in [-0.15, -0.1) is 0 Å². The van der Waals surface area contributed by atoms with Gasteiger partial charge in [0.1, 0.15) is 0 Å². The van der Waals surface area contributed by atoms with Crippen molar-refractivity contribution in [2.75, 3.05) is 13.1 Å². The van der Waals surface area contributed by atoms with Crippen molar-refractivity contribution < 1.29 is 14.1 Å². The summed E-state index contributed by atoms with van der Waals surface area (Å²) in [5, 5.41) is 0. The Kier molecular flexibility index (Phi) is 15.4. The van der Waals surface area contributed by atoms with E-state index in [0.717, 1.165) is 25.9 Å². The van der Waals surface area contributed by atoms with Gasteiger partial charge in [0.05, 0.1) is 0 Å². The van der Waals surface area contributed by atoms with Crippen molar-refractivity contribution in [2.24, 2.45) is 11.5 Å². The van der Waals surface area contributed by atoms with Crippen LogP contribution in [0.3, 0.4) is 0 Å². The molecule has 0 saturated heterocycles. The van der Waals surface area contributed by atoms with E-state index >= 15 is 0 Å². The van der Waals surface area contributed by atoms with Crippen LogP contribution in [0.15, 0.2) is 0 Å². The van der Waals surface area contributed by atoms with Crippen molar-refractivity contribution in [3.05, 3.63) is 0 Å². The third kappa shape index (κ3) is 33.8. The highest BCUT2D eigenvalue weighted by Gasteiger charge is 1.85. The molecular weight excluding hydrogens is 176 g/mol. The van der Waals surface area contributed by atoms with Gasteiger partial charge in [-0.2, -0.15) is 0 Å². The first-order valence-electron chi connectivity index (χ1n) is 3.97. The van der Waals surface area contributed by atoms with Crippen molar-refractivity contribution in [1.29, 1.82) is 0 Å². The van der Waals surface area contributed by atoms with E-state index in [0.29, 0.717) is 0 Å². The maximum Gasteiger partial charge on any atom is 0.761 e. The van der Waals surface area contributed by atoms with Crippen LogP contribution in [0.4, 0.5) is 0 Å². The van der Waals surface area contributed by atoms with Crippen LogP contribution < -0.4 is 11.5 Å². The van der Waals surface area contributed by atoms with Gasteiger partial charge in [-0.1, -0.05) is 12.8 Å². The highest BCUT2D eigenvalue weighted by Crippen LogP contribution is 1.95. The molecule has 6 N–H and O–H groups in total. The summed E-state index contributed by atoms with van der Waals surface area (Å²) in [6.45, 7) is 1.65. The molecule has 0 unspecified atom stereocenters. The molecule has 0 saturated carbocycles. The Hall–Kier alpha value is -0.463. The molecular formula is C6H18N2O3Si. The molecule has 0 atom stereocenters. The fourth-order valence-corrected chi connectivity index (χ4v) is 0.642. The van der Waals surface area contributed by atoms with Gasteiger partial charge in [-0.25, -0.2) is 0 Å². The van der Waals surface area contributed by atoms with Crippen molar-refractivity contribution in [3.63, 3.8) is 0 Å². The molecule has 0 aliphatic carbocycles. The minimum Gasteiger partial charge on any atom is -0.511 e. The van der Waals surface area contributed by atoms with Crippen LogP contribution in [0.2, 0.25) is 0 Å². The predicted molar refractivity (Wildman–Crippen MR) is 47.5 cm³/mol. The molecule has 0 bridgehead atoms. The van der Waals surface area contributed by atoms with E-state index in [-0.39, 0.29) is 0 Å². The van der Waals surface area contributed by atoms with Gasteiger partial charge >= 0.3 is 9.17 Å². The van der Waals surface area contributed by atoms with Crippen LogP contribution in [-0.4, -0.2) is 31.9 Å². The number of rotatable bonds is 5. The molecule has 5 nitrogen and oxygen atoms in total. The zero-order valence-electron chi connectivity index (χ0n) is 7.20.